The van der Waals surface area contributed by atoms with Gasteiger partial charge >= 0.3 is 5.97 Å². The van der Waals surface area contributed by atoms with Crippen LogP contribution in [0.25, 0.3) is 5.69 Å². The molecule has 0 atom stereocenters. The summed E-state index contributed by atoms with van der Waals surface area (Å²) in [4.78, 5) is 22.8. The van der Waals surface area contributed by atoms with Gasteiger partial charge in [-0.2, -0.15) is 5.10 Å². The molecule has 0 saturated carbocycles. The third-order valence-corrected chi connectivity index (χ3v) is 3.82. The predicted octanol–water partition coefficient (Wildman–Crippen LogP) is 1.70. The molecule has 1 aliphatic carbocycles. The first-order chi connectivity index (χ1) is 11.1. The lowest BCUT2D eigenvalue weighted by molar-refractivity contribution is -0.136. The summed E-state index contributed by atoms with van der Waals surface area (Å²) in [6, 6.07) is 6.06. The Labute approximate surface area is 131 Å². The van der Waals surface area contributed by atoms with Gasteiger partial charge in [-0.1, -0.05) is 6.07 Å². The number of nitrogens with one attached hydrogen (secondary N) is 1. The van der Waals surface area contributed by atoms with Gasteiger partial charge in [-0.05, 0) is 37.5 Å². The number of rotatable bonds is 5. The Balaban J connectivity index is 1.89. The average molecular weight is 317 g/mol. The molecule has 6 nitrogen and oxygen atoms in total. The summed E-state index contributed by atoms with van der Waals surface area (Å²) in [6.07, 6.45) is 2.30. The van der Waals surface area contributed by atoms with Crippen LogP contribution in [-0.4, -0.2) is 33.3 Å². The monoisotopic (exact) mass is 317 g/mol. The van der Waals surface area contributed by atoms with Crippen molar-refractivity contribution in [1.82, 2.24) is 15.1 Å². The summed E-state index contributed by atoms with van der Waals surface area (Å²) in [5.41, 5.74) is 2.65. The van der Waals surface area contributed by atoms with Crippen LogP contribution in [0.4, 0.5) is 4.39 Å². The van der Waals surface area contributed by atoms with Crippen LogP contribution in [0.3, 0.4) is 0 Å². The third-order valence-electron chi connectivity index (χ3n) is 3.82. The van der Waals surface area contributed by atoms with Crippen LogP contribution in [-0.2, 0) is 17.6 Å². The van der Waals surface area contributed by atoms with E-state index in [2.05, 4.69) is 10.4 Å². The predicted molar refractivity (Wildman–Crippen MR) is 80.1 cm³/mol. The van der Waals surface area contributed by atoms with E-state index in [1.165, 1.54) is 12.1 Å². The van der Waals surface area contributed by atoms with Crippen molar-refractivity contribution in [3.05, 3.63) is 47.0 Å². The number of hydrogen-bond acceptors (Lipinski definition) is 3. The molecule has 1 amide bonds. The number of benzene rings is 1. The van der Waals surface area contributed by atoms with Crippen molar-refractivity contribution < 1.29 is 19.1 Å². The fourth-order valence-electron chi connectivity index (χ4n) is 2.81. The number of aliphatic carboxylic acids is 1. The van der Waals surface area contributed by atoms with E-state index >= 15 is 0 Å². The summed E-state index contributed by atoms with van der Waals surface area (Å²) in [5, 5.41) is 15.5. The van der Waals surface area contributed by atoms with Crippen LogP contribution in [0, 0.1) is 5.82 Å². The molecule has 0 aliphatic heterocycles. The molecule has 0 radical (unpaired) electrons. The highest BCUT2D eigenvalue weighted by Crippen LogP contribution is 2.28. The highest BCUT2D eigenvalue weighted by atomic mass is 19.1. The molecule has 3 rings (SSSR count). The van der Waals surface area contributed by atoms with E-state index in [-0.39, 0.29) is 24.7 Å². The van der Waals surface area contributed by atoms with Gasteiger partial charge in [0.25, 0.3) is 5.91 Å². The van der Waals surface area contributed by atoms with Crippen molar-refractivity contribution in [2.45, 2.75) is 25.7 Å². The number of hydrogen-bond donors (Lipinski definition) is 2. The van der Waals surface area contributed by atoms with Crippen molar-refractivity contribution in [3.63, 3.8) is 0 Å². The Morgan fingerprint density at radius 2 is 2.17 bits per heavy atom. The van der Waals surface area contributed by atoms with E-state index in [1.807, 2.05) is 0 Å². The number of fused-ring (bicyclic) bond motifs is 1. The summed E-state index contributed by atoms with van der Waals surface area (Å²) >= 11 is 0. The first-order valence-corrected chi connectivity index (χ1v) is 7.43. The highest BCUT2D eigenvalue weighted by Gasteiger charge is 2.26. The molecular formula is C16H16FN3O3. The number of amides is 1. The largest absolute Gasteiger partial charge is 0.481 e. The van der Waals surface area contributed by atoms with Crippen LogP contribution in [0.5, 0.6) is 0 Å². The molecule has 7 heteroatoms. The fourth-order valence-corrected chi connectivity index (χ4v) is 2.81. The number of nitrogens with zero attached hydrogens (tertiary/aromatic N) is 2. The Morgan fingerprint density at radius 1 is 1.35 bits per heavy atom. The molecule has 1 aliphatic rings. The normalized spacial score (nSPS) is 12.9. The molecule has 23 heavy (non-hydrogen) atoms. The molecule has 0 unspecified atom stereocenters. The number of carbonyl (C=O) groups is 2. The molecular weight excluding hydrogens is 301 g/mol. The highest BCUT2D eigenvalue weighted by molar-refractivity contribution is 5.94. The lowest BCUT2D eigenvalue weighted by atomic mass is 10.2. The smallest absolute Gasteiger partial charge is 0.305 e. The molecule has 1 aromatic carbocycles. The molecule has 2 N–H and O–H groups in total. The second-order valence-corrected chi connectivity index (χ2v) is 5.42. The maximum absolute atomic E-state index is 13.4. The molecule has 0 spiro atoms. The Kier molecular flexibility index (Phi) is 4.10. The van der Waals surface area contributed by atoms with Gasteiger partial charge in [0.2, 0.25) is 0 Å². The van der Waals surface area contributed by atoms with Gasteiger partial charge in [-0.15, -0.1) is 0 Å². The summed E-state index contributed by atoms with van der Waals surface area (Å²) in [7, 11) is 0. The van der Waals surface area contributed by atoms with Crippen molar-refractivity contribution in [1.29, 1.82) is 0 Å². The molecule has 1 heterocycles. The van der Waals surface area contributed by atoms with Gasteiger partial charge in [-0.3, -0.25) is 9.59 Å². The molecule has 0 bridgehead atoms. The van der Waals surface area contributed by atoms with Gasteiger partial charge in [0, 0.05) is 17.8 Å². The standard InChI is InChI=1S/C16H16FN3O3/c17-10-3-1-4-11(9-10)20-13-6-2-5-12(13)15(19-20)16(23)18-8-7-14(21)22/h1,3-4,9H,2,5-8H2,(H,18,23)(H,21,22). The van der Waals surface area contributed by atoms with Crippen LogP contribution < -0.4 is 5.32 Å². The van der Waals surface area contributed by atoms with Gasteiger partial charge < -0.3 is 10.4 Å². The first-order valence-electron chi connectivity index (χ1n) is 7.43. The molecule has 0 saturated heterocycles. The topological polar surface area (TPSA) is 84.2 Å². The van der Waals surface area contributed by atoms with E-state index in [9.17, 15) is 14.0 Å². The van der Waals surface area contributed by atoms with Crippen molar-refractivity contribution >= 4 is 11.9 Å². The van der Waals surface area contributed by atoms with Crippen molar-refractivity contribution in [3.8, 4) is 5.69 Å². The van der Waals surface area contributed by atoms with Crippen LogP contribution >= 0.6 is 0 Å². The Bertz CT molecular complexity index is 770. The quantitative estimate of drug-likeness (QED) is 0.879. The molecule has 1 aromatic heterocycles. The van der Waals surface area contributed by atoms with E-state index in [1.54, 1.807) is 16.8 Å². The first kappa shape index (κ1) is 15.2. The van der Waals surface area contributed by atoms with Crippen LogP contribution in [0.15, 0.2) is 24.3 Å². The summed E-state index contributed by atoms with van der Waals surface area (Å²) < 4.78 is 15.0. The average Bonchev–Trinajstić information content (AvgIpc) is 3.08. The zero-order valence-corrected chi connectivity index (χ0v) is 12.4. The van der Waals surface area contributed by atoms with E-state index in [0.29, 0.717) is 11.4 Å². The zero-order valence-electron chi connectivity index (χ0n) is 12.4. The fraction of sp³-hybridized carbons (Fsp3) is 0.312. The van der Waals surface area contributed by atoms with Crippen LogP contribution in [0.2, 0.25) is 0 Å². The third kappa shape index (κ3) is 3.08. The number of carbonyl (C=O) groups excluding carboxylic acids is 1. The maximum atomic E-state index is 13.4. The van der Waals surface area contributed by atoms with Gasteiger partial charge in [0.1, 0.15) is 5.82 Å². The number of carboxylic acid groups (broad SMARTS) is 1. The second kappa shape index (κ2) is 6.20. The van der Waals surface area contributed by atoms with E-state index in [0.717, 1.165) is 30.5 Å². The lowest BCUT2D eigenvalue weighted by Gasteiger charge is -2.05. The number of aromatic nitrogens is 2. The maximum Gasteiger partial charge on any atom is 0.305 e. The van der Waals surface area contributed by atoms with Gasteiger partial charge in [-0.25, -0.2) is 9.07 Å². The molecule has 2 aromatic rings. The lowest BCUT2D eigenvalue weighted by Crippen LogP contribution is -2.27. The SMILES string of the molecule is O=C(O)CCNC(=O)c1nn(-c2cccc(F)c2)c2c1CCC2. The van der Waals surface area contributed by atoms with E-state index in [4.69, 9.17) is 5.11 Å². The summed E-state index contributed by atoms with van der Waals surface area (Å²) in [5.74, 6) is -1.72. The Hall–Kier alpha value is -2.70. The zero-order chi connectivity index (χ0) is 16.4. The number of carboxylic acids is 1. The second-order valence-electron chi connectivity index (χ2n) is 5.42. The minimum absolute atomic E-state index is 0.0514. The van der Waals surface area contributed by atoms with Crippen molar-refractivity contribution in [2.75, 3.05) is 6.54 Å². The van der Waals surface area contributed by atoms with Gasteiger partial charge in [0.05, 0.1) is 12.1 Å². The van der Waals surface area contributed by atoms with Crippen LogP contribution in [0.1, 0.15) is 34.6 Å². The van der Waals surface area contributed by atoms with E-state index < -0.39 is 5.97 Å². The number of halogens is 1. The van der Waals surface area contributed by atoms with Gasteiger partial charge in [0.15, 0.2) is 5.69 Å². The minimum Gasteiger partial charge on any atom is -0.481 e. The Morgan fingerprint density at radius 3 is 2.91 bits per heavy atom. The summed E-state index contributed by atoms with van der Waals surface area (Å²) in [6.45, 7) is 0.0514. The molecule has 120 valence electrons. The minimum atomic E-state index is -0.971. The van der Waals surface area contributed by atoms with Crippen molar-refractivity contribution in [2.24, 2.45) is 0 Å². The molecule has 0 fully saturated rings.